The molecule has 0 spiro atoms. The number of hydrogen-bond acceptors (Lipinski definition) is 3. The van der Waals surface area contributed by atoms with Crippen LogP contribution < -0.4 is 5.32 Å². The smallest absolute Gasteiger partial charge is 0.0669 e. The Morgan fingerprint density at radius 3 is 2.61 bits per heavy atom. The number of hydrogen-bond donors (Lipinski definition) is 1. The van der Waals surface area contributed by atoms with Crippen LogP contribution in [0.25, 0.3) is 0 Å². The molecule has 1 N–H and O–H groups in total. The predicted octanol–water partition coefficient (Wildman–Crippen LogP) is 4.38. The maximum absolute atomic E-state index is 8.63. The monoisotopic (exact) mass is 256 g/mol. The highest BCUT2D eigenvalue weighted by molar-refractivity contribution is 7.10. The van der Waals surface area contributed by atoms with Crippen molar-refractivity contribution in [3.05, 3.63) is 52.2 Å². The van der Waals surface area contributed by atoms with Crippen LogP contribution in [0.3, 0.4) is 0 Å². The summed E-state index contributed by atoms with van der Waals surface area (Å²) in [4.78, 5) is 1.36. The second-order valence-electron chi connectivity index (χ2n) is 4.15. The predicted molar refractivity (Wildman–Crippen MR) is 76.7 cm³/mol. The lowest BCUT2D eigenvalue weighted by molar-refractivity contribution is 0.764. The van der Waals surface area contributed by atoms with E-state index in [1.54, 1.807) is 11.3 Å². The van der Waals surface area contributed by atoms with Gasteiger partial charge in [0.1, 0.15) is 0 Å². The third-order valence-corrected chi connectivity index (χ3v) is 3.86. The van der Waals surface area contributed by atoms with Gasteiger partial charge >= 0.3 is 0 Å². The van der Waals surface area contributed by atoms with Gasteiger partial charge < -0.3 is 5.32 Å². The second kappa shape index (κ2) is 6.23. The minimum Gasteiger partial charge on any atom is -0.377 e. The molecule has 0 fully saturated rings. The van der Waals surface area contributed by atoms with Crippen molar-refractivity contribution in [2.75, 3.05) is 5.32 Å². The van der Waals surface area contributed by atoms with E-state index in [-0.39, 0.29) is 0 Å². The fourth-order valence-corrected chi connectivity index (χ4v) is 2.74. The number of nitrogens with one attached hydrogen (secondary N) is 1. The van der Waals surface area contributed by atoms with E-state index < -0.39 is 0 Å². The molecule has 0 radical (unpaired) electrons. The van der Waals surface area contributed by atoms with E-state index in [2.05, 4.69) is 35.8 Å². The highest BCUT2D eigenvalue weighted by atomic mass is 32.1. The Morgan fingerprint density at radius 1 is 1.28 bits per heavy atom. The number of benzene rings is 1. The van der Waals surface area contributed by atoms with Crippen LogP contribution in [-0.4, -0.2) is 0 Å². The molecule has 0 aliphatic heterocycles. The minimum absolute atomic E-state index is 0.367. The Bertz CT molecular complexity index is 508. The van der Waals surface area contributed by atoms with Crippen LogP contribution in [0.4, 0.5) is 5.69 Å². The second-order valence-corrected chi connectivity index (χ2v) is 5.13. The molecule has 1 unspecified atom stereocenters. The van der Waals surface area contributed by atoms with E-state index in [9.17, 15) is 0 Å². The molecule has 0 saturated carbocycles. The van der Waals surface area contributed by atoms with Gasteiger partial charge in [0, 0.05) is 10.6 Å². The lowest BCUT2D eigenvalue weighted by Gasteiger charge is -2.17. The summed E-state index contributed by atoms with van der Waals surface area (Å²) in [6, 6.07) is 14.9. The van der Waals surface area contributed by atoms with Crippen LogP contribution in [0.1, 0.15) is 29.8 Å². The van der Waals surface area contributed by atoms with Crippen molar-refractivity contribution in [3.63, 3.8) is 0 Å². The van der Waals surface area contributed by atoms with E-state index in [4.69, 9.17) is 5.26 Å². The molecule has 1 heterocycles. The van der Waals surface area contributed by atoms with Gasteiger partial charge in [-0.1, -0.05) is 25.1 Å². The largest absolute Gasteiger partial charge is 0.377 e. The van der Waals surface area contributed by atoms with Crippen LogP contribution in [0.2, 0.25) is 0 Å². The van der Waals surface area contributed by atoms with Crippen LogP contribution in [0.15, 0.2) is 41.8 Å². The molecule has 0 bridgehead atoms. The number of nitrogens with zero attached hydrogens (tertiary/aromatic N) is 1. The molecular weight excluding hydrogens is 240 g/mol. The topological polar surface area (TPSA) is 35.8 Å². The molecule has 92 valence electrons. The zero-order chi connectivity index (χ0) is 12.8. The maximum atomic E-state index is 8.63. The van der Waals surface area contributed by atoms with Gasteiger partial charge in [-0.05, 0) is 35.6 Å². The fraction of sp³-hybridized carbons (Fsp3) is 0.267. The maximum Gasteiger partial charge on any atom is 0.0669 e. The number of nitriles is 1. The average Bonchev–Trinajstić information content (AvgIpc) is 2.92. The molecule has 2 aromatic rings. The Labute approximate surface area is 112 Å². The third-order valence-electron chi connectivity index (χ3n) is 2.87. The average molecular weight is 256 g/mol. The van der Waals surface area contributed by atoms with Crippen molar-refractivity contribution in [2.45, 2.75) is 25.8 Å². The van der Waals surface area contributed by atoms with Crippen molar-refractivity contribution >= 4 is 17.0 Å². The van der Waals surface area contributed by atoms with Crippen LogP contribution in [0.5, 0.6) is 0 Å². The molecule has 3 heteroatoms. The van der Waals surface area contributed by atoms with Crippen molar-refractivity contribution < 1.29 is 0 Å². The molecule has 1 aromatic heterocycles. The van der Waals surface area contributed by atoms with Gasteiger partial charge in [0.15, 0.2) is 0 Å². The first-order valence-electron chi connectivity index (χ1n) is 6.09. The Hall–Kier alpha value is -1.79. The molecule has 18 heavy (non-hydrogen) atoms. The first-order valence-corrected chi connectivity index (χ1v) is 6.97. The van der Waals surface area contributed by atoms with Crippen LogP contribution in [0, 0.1) is 11.3 Å². The molecular formula is C15H16N2S. The van der Waals surface area contributed by atoms with Crippen molar-refractivity contribution in [3.8, 4) is 6.07 Å². The summed E-state index contributed by atoms with van der Waals surface area (Å²) in [5.74, 6) is 0. The third kappa shape index (κ3) is 3.12. The van der Waals surface area contributed by atoms with Gasteiger partial charge in [0.25, 0.3) is 0 Å². The van der Waals surface area contributed by atoms with E-state index in [1.165, 1.54) is 4.88 Å². The molecule has 1 aromatic carbocycles. The minimum atomic E-state index is 0.367. The van der Waals surface area contributed by atoms with Crippen molar-refractivity contribution in [2.24, 2.45) is 0 Å². The molecule has 0 aliphatic rings. The normalized spacial score (nSPS) is 11.8. The van der Waals surface area contributed by atoms with Crippen LogP contribution >= 0.6 is 11.3 Å². The van der Waals surface area contributed by atoms with E-state index in [1.807, 2.05) is 24.3 Å². The lowest BCUT2D eigenvalue weighted by atomic mass is 10.1. The zero-order valence-electron chi connectivity index (χ0n) is 10.4. The van der Waals surface area contributed by atoms with Gasteiger partial charge in [-0.25, -0.2) is 0 Å². The summed E-state index contributed by atoms with van der Waals surface area (Å²) in [6.07, 6.45) is 1.53. The van der Waals surface area contributed by atoms with Gasteiger partial charge in [0.05, 0.1) is 18.5 Å². The molecule has 2 nitrogen and oxygen atoms in total. The van der Waals surface area contributed by atoms with Crippen LogP contribution in [-0.2, 0) is 6.42 Å². The SMILES string of the molecule is CCC(Nc1ccc(CC#N)cc1)c1cccs1. The quantitative estimate of drug-likeness (QED) is 0.861. The Kier molecular flexibility index (Phi) is 4.38. The van der Waals surface area contributed by atoms with Gasteiger partial charge in [-0.15, -0.1) is 11.3 Å². The molecule has 0 saturated heterocycles. The zero-order valence-corrected chi connectivity index (χ0v) is 11.2. The standard InChI is InChI=1S/C15H16N2S/c1-2-14(15-4-3-11-18-15)17-13-7-5-12(6-8-13)9-10-16/h3-8,11,14,17H,2,9H2,1H3. The lowest BCUT2D eigenvalue weighted by Crippen LogP contribution is -2.07. The number of anilines is 1. The summed E-state index contributed by atoms with van der Waals surface area (Å²) in [7, 11) is 0. The van der Waals surface area contributed by atoms with Crippen molar-refractivity contribution in [1.29, 1.82) is 5.26 Å². The Balaban J connectivity index is 2.06. The number of thiophene rings is 1. The van der Waals surface area contributed by atoms with Gasteiger partial charge in [-0.2, -0.15) is 5.26 Å². The summed E-state index contributed by atoms with van der Waals surface area (Å²) in [5.41, 5.74) is 2.17. The summed E-state index contributed by atoms with van der Waals surface area (Å²) in [6.45, 7) is 2.18. The van der Waals surface area contributed by atoms with E-state index >= 15 is 0 Å². The first kappa shape index (κ1) is 12.7. The highest BCUT2D eigenvalue weighted by Gasteiger charge is 2.09. The van der Waals surface area contributed by atoms with Crippen molar-refractivity contribution in [1.82, 2.24) is 0 Å². The number of rotatable bonds is 5. The highest BCUT2D eigenvalue weighted by Crippen LogP contribution is 2.26. The molecule has 0 amide bonds. The van der Waals surface area contributed by atoms with Gasteiger partial charge in [0.2, 0.25) is 0 Å². The summed E-state index contributed by atoms with van der Waals surface area (Å²) < 4.78 is 0. The summed E-state index contributed by atoms with van der Waals surface area (Å²) in [5, 5.41) is 14.3. The van der Waals surface area contributed by atoms with E-state index in [0.29, 0.717) is 12.5 Å². The first-order chi connectivity index (χ1) is 8.83. The molecule has 1 atom stereocenters. The summed E-state index contributed by atoms with van der Waals surface area (Å²) >= 11 is 1.78. The molecule has 0 aliphatic carbocycles. The molecule has 2 rings (SSSR count). The Morgan fingerprint density at radius 2 is 2.06 bits per heavy atom. The van der Waals surface area contributed by atoms with Gasteiger partial charge in [-0.3, -0.25) is 0 Å². The van der Waals surface area contributed by atoms with E-state index in [0.717, 1.165) is 17.7 Å². The fourth-order valence-electron chi connectivity index (χ4n) is 1.88.